The maximum absolute atomic E-state index is 13.6. The van der Waals surface area contributed by atoms with Crippen molar-refractivity contribution in [2.75, 3.05) is 74.9 Å². The van der Waals surface area contributed by atoms with Crippen LogP contribution in [-0.2, 0) is 19.3 Å². The van der Waals surface area contributed by atoms with Crippen LogP contribution in [0.3, 0.4) is 0 Å². The first-order valence-electron chi connectivity index (χ1n) is 30.9. The average Bonchev–Trinajstić information content (AvgIpc) is 1.49. The number of alkyl halides is 4. The Balaban J connectivity index is 0.000000127. The second kappa shape index (κ2) is 27.2. The number of nitrogens with one attached hydrogen (secondary N) is 6. The molecule has 3 aliphatic heterocycles. The lowest BCUT2D eigenvalue weighted by Gasteiger charge is -2.38. The second-order valence-electron chi connectivity index (χ2n) is 23.8. The SMILES string of the molecule is C[C@H](Nc1ncnc2nc[nH]c12)c1cc2cccc(Cl)c2c(CCN2CC(F)(F)C2)n1.C[C@H](Nc1ncnc2nc[nH]c12)c1cc2cccc(Cl)c2c(CCN2CCC(F)(F)C2)n1.C[C@H](Nc1ncnc2nc[nH]c12)c1cc2cccc(Cl)c2c(CCN2CCCC2)n1. The molecule has 9 aromatic heterocycles. The number of aromatic nitrogens is 15. The molecule has 93 heavy (non-hydrogen) atoms. The molecule has 0 amide bonds. The highest BCUT2D eigenvalue weighted by Gasteiger charge is 2.43. The summed E-state index contributed by atoms with van der Waals surface area (Å²) in [6.07, 6.45) is 13.7. The Kier molecular flexibility index (Phi) is 18.5. The molecule has 0 bridgehead atoms. The van der Waals surface area contributed by atoms with Crippen molar-refractivity contribution in [1.29, 1.82) is 0 Å². The van der Waals surface area contributed by atoms with Crippen molar-refractivity contribution in [1.82, 2.24) is 89.5 Å². The molecule has 6 N–H and O–H groups in total. The summed E-state index contributed by atoms with van der Waals surface area (Å²) in [6.45, 7) is 10.2. The smallest absolute Gasteiger partial charge is 0.272 e. The van der Waals surface area contributed by atoms with Gasteiger partial charge in [0, 0.05) is 68.0 Å². The number of aromatic amines is 3. The Morgan fingerprint density at radius 3 is 1.16 bits per heavy atom. The molecule has 3 atom stereocenters. The number of nitrogens with zero attached hydrogens (tertiary/aromatic N) is 15. The van der Waals surface area contributed by atoms with Crippen molar-refractivity contribution in [2.45, 2.75) is 89.3 Å². The lowest BCUT2D eigenvalue weighted by Crippen LogP contribution is -2.56. The van der Waals surface area contributed by atoms with Crippen LogP contribution < -0.4 is 16.0 Å². The minimum Gasteiger partial charge on any atom is -0.360 e. The molecular formula is C65H66Cl3F4N21. The van der Waals surface area contributed by atoms with Crippen LogP contribution in [0.15, 0.2) is 111 Å². The Labute approximate surface area is 546 Å². The highest BCUT2D eigenvalue weighted by Crippen LogP contribution is 2.36. The highest BCUT2D eigenvalue weighted by molar-refractivity contribution is 6.36. The highest BCUT2D eigenvalue weighted by atomic mass is 35.5. The van der Waals surface area contributed by atoms with Crippen LogP contribution in [-0.4, -0.2) is 160 Å². The van der Waals surface area contributed by atoms with Gasteiger partial charge in [0.15, 0.2) is 34.4 Å². The third-order valence-electron chi connectivity index (χ3n) is 17.1. The number of imidazole rings is 3. The molecule has 3 aromatic carbocycles. The maximum Gasteiger partial charge on any atom is 0.272 e. The summed E-state index contributed by atoms with van der Waals surface area (Å²) in [5.41, 5.74) is 9.29. The number of halogens is 7. The molecule has 480 valence electrons. The first-order valence-corrected chi connectivity index (χ1v) is 32.0. The van der Waals surface area contributed by atoms with Crippen molar-refractivity contribution in [3.8, 4) is 0 Å². The van der Waals surface area contributed by atoms with Gasteiger partial charge in [0.1, 0.15) is 35.5 Å². The van der Waals surface area contributed by atoms with Crippen molar-refractivity contribution >= 4 is 118 Å². The number of hydrogen-bond acceptors (Lipinski definition) is 18. The summed E-state index contributed by atoms with van der Waals surface area (Å²) in [6, 6.07) is 23.2. The number of rotatable bonds is 18. The fraction of sp³-hybridized carbons (Fsp3) is 0.354. The normalized spacial score (nSPS) is 16.7. The third kappa shape index (κ3) is 14.3. The molecule has 15 rings (SSSR count). The summed E-state index contributed by atoms with van der Waals surface area (Å²) in [7, 11) is 0. The molecule has 3 fully saturated rings. The van der Waals surface area contributed by atoms with Crippen LogP contribution in [0.2, 0.25) is 15.1 Å². The zero-order valence-corrected chi connectivity index (χ0v) is 53.4. The topological polar surface area (TPSA) is 248 Å². The number of hydrogen-bond donors (Lipinski definition) is 6. The second-order valence-corrected chi connectivity index (χ2v) is 25.0. The van der Waals surface area contributed by atoms with E-state index in [1.165, 1.54) is 44.9 Å². The van der Waals surface area contributed by atoms with Crippen LogP contribution in [0.4, 0.5) is 35.0 Å². The van der Waals surface area contributed by atoms with E-state index >= 15 is 0 Å². The van der Waals surface area contributed by atoms with Crippen molar-refractivity contribution in [2.24, 2.45) is 0 Å². The van der Waals surface area contributed by atoms with Crippen molar-refractivity contribution in [3.05, 3.63) is 160 Å². The Morgan fingerprint density at radius 1 is 0.452 bits per heavy atom. The fourth-order valence-corrected chi connectivity index (χ4v) is 13.2. The van der Waals surface area contributed by atoms with Crippen LogP contribution in [0, 0.1) is 0 Å². The van der Waals surface area contributed by atoms with Crippen LogP contribution in [0.25, 0.3) is 65.8 Å². The Hall–Kier alpha value is -8.59. The number of H-pyrrole nitrogens is 3. The van der Waals surface area contributed by atoms with E-state index in [1.807, 2.05) is 74.5 Å². The minimum absolute atomic E-state index is 0.0414. The lowest BCUT2D eigenvalue weighted by molar-refractivity contribution is -0.129. The minimum atomic E-state index is -2.61. The fourth-order valence-electron chi connectivity index (χ4n) is 12.3. The van der Waals surface area contributed by atoms with Gasteiger partial charge in [-0.15, -0.1) is 0 Å². The van der Waals surface area contributed by atoms with Gasteiger partial charge in [0.2, 0.25) is 0 Å². The zero-order chi connectivity index (χ0) is 64.4. The molecule has 3 saturated heterocycles. The lowest BCUT2D eigenvalue weighted by atomic mass is 10.0. The average molecular weight is 1320 g/mol. The molecule has 12 aromatic rings. The predicted molar refractivity (Wildman–Crippen MR) is 356 cm³/mol. The van der Waals surface area contributed by atoms with Crippen LogP contribution >= 0.6 is 34.8 Å². The van der Waals surface area contributed by atoms with E-state index in [0.29, 0.717) is 71.1 Å². The van der Waals surface area contributed by atoms with Crippen molar-refractivity contribution in [3.63, 3.8) is 0 Å². The van der Waals surface area contributed by atoms with Crippen LogP contribution in [0.5, 0.6) is 0 Å². The summed E-state index contributed by atoms with van der Waals surface area (Å²) in [5, 5.41) is 18.0. The van der Waals surface area contributed by atoms with Gasteiger partial charge >= 0.3 is 0 Å². The molecule has 0 spiro atoms. The summed E-state index contributed by atoms with van der Waals surface area (Å²) < 4.78 is 53.6. The van der Waals surface area contributed by atoms with Gasteiger partial charge in [-0.05, 0) is 99.3 Å². The number of pyridine rings is 3. The molecule has 12 heterocycles. The third-order valence-corrected chi connectivity index (χ3v) is 18.1. The summed E-state index contributed by atoms with van der Waals surface area (Å²) in [4.78, 5) is 68.0. The van der Waals surface area contributed by atoms with Crippen LogP contribution in [0.1, 0.15) is 92.3 Å². The summed E-state index contributed by atoms with van der Waals surface area (Å²) >= 11 is 19.5. The van der Waals surface area contributed by atoms with E-state index in [1.54, 1.807) is 28.8 Å². The standard InChI is InChI=1S/C22H22ClF2N7.C22H24ClN7.C21H20ClF2N7/c1-13(30-21-19-20(27-11-26-19)28-12-29-21)17-9-14-3-2-4-15(23)18(14)16(31-17)5-7-32-8-6-22(24,25)10-32;1-14(28-22-20-21(25-12-24-20)26-13-27-22)18-11-15-5-4-6-16(23)19(15)17(29-18)7-10-30-8-2-3-9-30;1-12(29-20-18-19(26-10-25-18)27-11-28-20)16-7-13-3-2-4-14(22)17(13)15(30-16)5-6-31-8-21(23,24)9-31/h2-4,9,11-13H,5-8,10H2,1H3,(H2,26,27,28,29,30);4-6,11-14H,2-3,7-10H2,1H3,(H2,24,25,26,27,28);2-4,7,10-12H,5-6,8-9H2,1H3,(H2,25,26,27,28,29)/t13-;14-;12-/m000/s1. The van der Waals surface area contributed by atoms with Gasteiger partial charge in [0.25, 0.3) is 11.8 Å². The molecule has 0 radical (unpaired) electrons. The molecule has 28 heteroatoms. The molecule has 21 nitrogen and oxygen atoms in total. The van der Waals surface area contributed by atoms with E-state index in [-0.39, 0.29) is 44.2 Å². The van der Waals surface area contributed by atoms with E-state index in [2.05, 4.69) is 99.7 Å². The van der Waals surface area contributed by atoms with E-state index < -0.39 is 11.8 Å². The number of anilines is 3. The number of fused-ring (bicyclic) bond motifs is 6. The van der Waals surface area contributed by atoms with Crippen molar-refractivity contribution < 1.29 is 17.6 Å². The number of benzene rings is 3. The number of likely N-dealkylation sites (tertiary alicyclic amines) is 3. The first kappa shape index (κ1) is 63.2. The van der Waals surface area contributed by atoms with Gasteiger partial charge in [-0.3, -0.25) is 24.8 Å². The molecule has 0 saturated carbocycles. The maximum atomic E-state index is 13.6. The Bertz CT molecular complexity index is 4630. The molecular weight excluding hydrogens is 1260 g/mol. The molecule has 0 unspecified atom stereocenters. The van der Waals surface area contributed by atoms with Gasteiger partial charge in [-0.2, -0.15) is 0 Å². The summed E-state index contributed by atoms with van der Waals surface area (Å²) in [5.74, 6) is -3.20. The predicted octanol–water partition coefficient (Wildman–Crippen LogP) is 13.2. The van der Waals surface area contributed by atoms with E-state index in [9.17, 15) is 17.6 Å². The first-order chi connectivity index (χ1) is 45.0. The van der Waals surface area contributed by atoms with Gasteiger partial charge in [-0.25, -0.2) is 62.4 Å². The van der Waals surface area contributed by atoms with Gasteiger partial charge in [0.05, 0.1) is 106 Å². The van der Waals surface area contributed by atoms with Gasteiger partial charge in [-0.1, -0.05) is 71.2 Å². The van der Waals surface area contributed by atoms with Gasteiger partial charge < -0.3 is 35.8 Å². The van der Waals surface area contributed by atoms with E-state index in [4.69, 9.17) is 49.8 Å². The monoisotopic (exact) mass is 1320 g/mol. The molecule has 3 aliphatic rings. The quantitative estimate of drug-likeness (QED) is 0.0437. The largest absolute Gasteiger partial charge is 0.360 e. The zero-order valence-electron chi connectivity index (χ0n) is 51.1. The van der Waals surface area contributed by atoms with E-state index in [0.717, 1.165) is 107 Å². The Morgan fingerprint density at radius 2 is 0.806 bits per heavy atom. The molecule has 0 aliphatic carbocycles.